The van der Waals surface area contributed by atoms with E-state index in [0.29, 0.717) is 31.4 Å². The highest BCUT2D eigenvalue weighted by Gasteiger charge is 2.18. The fourth-order valence-corrected chi connectivity index (χ4v) is 4.81. The molecule has 31 heavy (non-hydrogen) atoms. The summed E-state index contributed by atoms with van der Waals surface area (Å²) in [6, 6.07) is 26.9. The summed E-state index contributed by atoms with van der Waals surface area (Å²) in [5, 5.41) is 12.6. The molecule has 6 heteroatoms. The molecule has 4 rings (SSSR count). The number of benzene rings is 3. The van der Waals surface area contributed by atoms with E-state index in [1.54, 1.807) is 0 Å². The van der Waals surface area contributed by atoms with Gasteiger partial charge in [0, 0.05) is 37.5 Å². The lowest BCUT2D eigenvalue weighted by molar-refractivity contribution is 1.12. The van der Waals surface area contributed by atoms with Gasteiger partial charge in [-0.25, -0.2) is 4.98 Å². The van der Waals surface area contributed by atoms with Gasteiger partial charge in [-0.2, -0.15) is 5.26 Å². The van der Waals surface area contributed by atoms with Crippen LogP contribution >= 0.6 is 46.6 Å². The van der Waals surface area contributed by atoms with Crippen molar-refractivity contribution in [3.05, 3.63) is 105 Å². The van der Waals surface area contributed by atoms with Crippen molar-refractivity contribution in [2.75, 3.05) is 0 Å². The summed E-state index contributed by atoms with van der Waals surface area (Å²) in [4.78, 5) is 4.82. The molecule has 0 N–H and O–H groups in total. The molecule has 0 amide bonds. The summed E-state index contributed by atoms with van der Waals surface area (Å²) >= 11 is 20.3. The normalized spacial score (nSPS) is 10.6. The van der Waals surface area contributed by atoms with Crippen LogP contribution in [0.4, 0.5) is 0 Å². The second kappa shape index (κ2) is 9.77. The Hall–Kier alpha value is -2.48. The molecule has 0 unspecified atom stereocenters. The van der Waals surface area contributed by atoms with Gasteiger partial charge in [-0.3, -0.25) is 0 Å². The lowest BCUT2D eigenvalue weighted by Gasteiger charge is -2.14. The summed E-state index contributed by atoms with van der Waals surface area (Å²) in [5.74, 6) is 0.591. The summed E-state index contributed by atoms with van der Waals surface area (Å²) in [6.07, 6.45) is 0. The Bertz CT molecular complexity index is 1280. The van der Waals surface area contributed by atoms with E-state index in [0.717, 1.165) is 27.9 Å². The Balaban J connectivity index is 1.86. The van der Waals surface area contributed by atoms with E-state index in [1.165, 1.54) is 11.8 Å². The van der Waals surface area contributed by atoms with Crippen molar-refractivity contribution in [1.82, 2.24) is 4.98 Å². The zero-order chi connectivity index (χ0) is 21.8. The third kappa shape index (κ3) is 4.89. The number of pyridine rings is 1. The number of nitriles is 1. The number of halogens is 3. The minimum atomic E-state index is 0.489. The number of thioether (sulfide) groups is 1. The van der Waals surface area contributed by atoms with E-state index in [1.807, 2.05) is 78.9 Å². The van der Waals surface area contributed by atoms with Gasteiger partial charge in [-0.05, 0) is 35.9 Å². The summed E-state index contributed by atoms with van der Waals surface area (Å²) < 4.78 is 0. The Labute approximate surface area is 200 Å². The highest BCUT2D eigenvalue weighted by Crippen LogP contribution is 2.38. The van der Waals surface area contributed by atoms with Crippen molar-refractivity contribution in [3.63, 3.8) is 0 Å². The van der Waals surface area contributed by atoms with Crippen LogP contribution in [0.2, 0.25) is 15.1 Å². The van der Waals surface area contributed by atoms with E-state index in [-0.39, 0.29) is 0 Å². The average molecular weight is 482 g/mol. The number of hydrogen-bond acceptors (Lipinski definition) is 3. The topological polar surface area (TPSA) is 36.7 Å². The van der Waals surface area contributed by atoms with E-state index in [4.69, 9.17) is 39.8 Å². The number of aromatic nitrogens is 1. The third-order valence-corrected chi connectivity index (χ3v) is 6.70. The molecular weight excluding hydrogens is 467 g/mol. The zero-order valence-corrected chi connectivity index (χ0v) is 19.2. The quantitative estimate of drug-likeness (QED) is 0.268. The Morgan fingerprint density at radius 3 is 2.16 bits per heavy atom. The summed E-state index contributed by atoms with van der Waals surface area (Å²) in [5.41, 5.74) is 4.65. The molecular formula is C25H15Cl3N2S. The molecule has 0 fully saturated rings. The molecule has 152 valence electrons. The lowest BCUT2D eigenvalue weighted by atomic mass is 9.99. The van der Waals surface area contributed by atoms with Crippen molar-refractivity contribution in [2.45, 2.75) is 10.8 Å². The SMILES string of the molecule is N#Cc1c(-c2ccccc2Cl)cc(-c2ccc(Cl)cc2)nc1SCc1ccccc1Cl. The number of nitrogens with zero attached hydrogens (tertiary/aromatic N) is 2. The molecule has 0 bridgehead atoms. The molecule has 0 aliphatic heterocycles. The van der Waals surface area contributed by atoms with Crippen molar-refractivity contribution in [1.29, 1.82) is 5.26 Å². The Kier molecular flexibility index (Phi) is 6.85. The highest BCUT2D eigenvalue weighted by atomic mass is 35.5. The molecule has 0 saturated heterocycles. The Morgan fingerprint density at radius 1 is 0.806 bits per heavy atom. The smallest absolute Gasteiger partial charge is 0.115 e. The molecule has 3 aromatic carbocycles. The van der Waals surface area contributed by atoms with E-state index in [9.17, 15) is 5.26 Å². The van der Waals surface area contributed by atoms with E-state index < -0.39 is 0 Å². The van der Waals surface area contributed by atoms with Gasteiger partial charge in [0.25, 0.3) is 0 Å². The van der Waals surface area contributed by atoms with Crippen LogP contribution in [0, 0.1) is 11.3 Å². The largest absolute Gasteiger partial charge is 0.240 e. The molecule has 4 aromatic rings. The molecule has 0 radical (unpaired) electrons. The van der Waals surface area contributed by atoms with Gasteiger partial charge in [0.05, 0.1) is 11.3 Å². The monoisotopic (exact) mass is 480 g/mol. The highest BCUT2D eigenvalue weighted by molar-refractivity contribution is 7.98. The fraction of sp³-hybridized carbons (Fsp3) is 0.0400. The minimum Gasteiger partial charge on any atom is -0.240 e. The molecule has 1 aromatic heterocycles. The average Bonchev–Trinajstić information content (AvgIpc) is 2.79. The van der Waals surface area contributed by atoms with Crippen molar-refractivity contribution in [3.8, 4) is 28.5 Å². The molecule has 2 nitrogen and oxygen atoms in total. The maximum Gasteiger partial charge on any atom is 0.115 e. The van der Waals surface area contributed by atoms with Crippen molar-refractivity contribution in [2.24, 2.45) is 0 Å². The molecule has 0 saturated carbocycles. The number of rotatable bonds is 5. The van der Waals surface area contributed by atoms with Gasteiger partial charge in [-0.1, -0.05) is 83.3 Å². The third-order valence-electron chi connectivity index (χ3n) is 4.72. The Morgan fingerprint density at radius 2 is 1.48 bits per heavy atom. The summed E-state index contributed by atoms with van der Waals surface area (Å²) in [7, 11) is 0. The second-order valence-electron chi connectivity index (χ2n) is 6.71. The van der Waals surface area contributed by atoms with Gasteiger partial charge in [0.15, 0.2) is 0 Å². The standard InChI is InChI=1S/C25H15Cl3N2S/c26-18-11-9-16(10-12-18)24-13-20(19-6-2-4-8-23(19)28)21(14-29)25(30-24)31-15-17-5-1-3-7-22(17)27/h1-13H,15H2. The molecule has 1 heterocycles. The van der Waals surface area contributed by atoms with Crippen molar-refractivity contribution >= 4 is 46.6 Å². The predicted molar refractivity (Wildman–Crippen MR) is 131 cm³/mol. The first kappa shape index (κ1) is 21.7. The van der Waals surface area contributed by atoms with Crippen LogP contribution in [0.5, 0.6) is 0 Å². The minimum absolute atomic E-state index is 0.489. The van der Waals surface area contributed by atoms with Gasteiger partial charge in [0.2, 0.25) is 0 Å². The van der Waals surface area contributed by atoms with Gasteiger partial charge >= 0.3 is 0 Å². The van der Waals surface area contributed by atoms with E-state index >= 15 is 0 Å². The second-order valence-corrected chi connectivity index (χ2v) is 8.93. The predicted octanol–water partition coefficient (Wildman–Crippen LogP) is 8.54. The van der Waals surface area contributed by atoms with Crippen LogP contribution in [0.1, 0.15) is 11.1 Å². The first-order valence-electron chi connectivity index (χ1n) is 9.39. The summed E-state index contributed by atoms with van der Waals surface area (Å²) in [6.45, 7) is 0. The molecule has 0 aliphatic carbocycles. The van der Waals surface area contributed by atoms with Crippen molar-refractivity contribution < 1.29 is 0 Å². The van der Waals surface area contributed by atoms with Crippen LogP contribution in [-0.2, 0) is 5.75 Å². The van der Waals surface area contributed by atoms with Crippen LogP contribution < -0.4 is 0 Å². The van der Waals surface area contributed by atoms with Crippen LogP contribution in [-0.4, -0.2) is 4.98 Å². The van der Waals surface area contributed by atoms with Gasteiger partial charge < -0.3 is 0 Å². The maximum absolute atomic E-state index is 10.0. The first-order valence-corrected chi connectivity index (χ1v) is 11.5. The van der Waals surface area contributed by atoms with Crippen LogP contribution in [0.15, 0.2) is 83.9 Å². The zero-order valence-electron chi connectivity index (χ0n) is 16.1. The molecule has 0 aliphatic rings. The van der Waals surface area contributed by atoms with Crippen LogP contribution in [0.3, 0.4) is 0 Å². The number of hydrogen-bond donors (Lipinski definition) is 0. The lowest BCUT2D eigenvalue weighted by Crippen LogP contribution is -1.97. The van der Waals surface area contributed by atoms with E-state index in [2.05, 4.69) is 6.07 Å². The maximum atomic E-state index is 10.0. The van der Waals surface area contributed by atoms with Gasteiger partial charge in [0.1, 0.15) is 11.1 Å². The van der Waals surface area contributed by atoms with Crippen LogP contribution in [0.25, 0.3) is 22.4 Å². The fourth-order valence-electron chi connectivity index (χ4n) is 3.16. The molecule has 0 atom stereocenters. The van der Waals surface area contributed by atoms with Gasteiger partial charge in [-0.15, -0.1) is 11.8 Å². The molecule has 0 spiro atoms. The first-order chi connectivity index (χ1) is 15.1.